The fraction of sp³-hybridized carbons (Fsp3) is 0. The molecule has 5 heteroatoms. The number of amides is 1. The second-order valence-electron chi connectivity index (χ2n) is 4.15. The van der Waals surface area contributed by atoms with Crippen molar-refractivity contribution in [3.8, 4) is 11.3 Å². The fourth-order valence-corrected chi connectivity index (χ4v) is 2.18. The third-order valence-electron chi connectivity index (χ3n) is 2.87. The number of nitrogens with zero attached hydrogens (tertiary/aromatic N) is 2. The highest BCUT2D eigenvalue weighted by Crippen LogP contribution is 2.23. The molecule has 19 heavy (non-hydrogen) atoms. The zero-order chi connectivity index (χ0) is 13.4. The summed E-state index contributed by atoms with van der Waals surface area (Å²) in [5.41, 5.74) is 7.93. The molecule has 0 saturated carbocycles. The number of hydrogen-bond acceptors (Lipinski definition) is 2. The second kappa shape index (κ2) is 4.40. The van der Waals surface area contributed by atoms with Gasteiger partial charge in [-0.05, 0) is 24.3 Å². The molecule has 0 saturated heterocycles. The maximum Gasteiger partial charge on any atom is 0.252 e. The summed E-state index contributed by atoms with van der Waals surface area (Å²) in [4.78, 5) is 15.8. The first-order valence-corrected chi connectivity index (χ1v) is 6.06. The molecule has 4 nitrogen and oxygen atoms in total. The highest BCUT2D eigenvalue weighted by Gasteiger charge is 2.11. The van der Waals surface area contributed by atoms with Gasteiger partial charge < -0.3 is 10.1 Å². The van der Waals surface area contributed by atoms with Gasteiger partial charge in [-0.3, -0.25) is 4.79 Å². The van der Waals surface area contributed by atoms with Crippen LogP contribution in [-0.2, 0) is 0 Å². The van der Waals surface area contributed by atoms with Crippen LogP contribution in [0.2, 0.25) is 5.02 Å². The van der Waals surface area contributed by atoms with Crippen molar-refractivity contribution in [3.05, 3.63) is 59.4 Å². The molecule has 3 rings (SSSR count). The molecule has 94 valence electrons. The number of carbonyl (C=O) groups is 1. The van der Waals surface area contributed by atoms with Crippen molar-refractivity contribution in [2.24, 2.45) is 5.73 Å². The van der Waals surface area contributed by atoms with Crippen molar-refractivity contribution in [1.29, 1.82) is 0 Å². The average Bonchev–Trinajstić information content (AvgIpc) is 2.82. The maximum atomic E-state index is 11.4. The molecule has 0 radical (unpaired) electrons. The van der Waals surface area contributed by atoms with Gasteiger partial charge in [0, 0.05) is 23.0 Å². The number of imidazole rings is 1. The third-order valence-corrected chi connectivity index (χ3v) is 3.10. The van der Waals surface area contributed by atoms with Gasteiger partial charge in [0.15, 0.2) is 0 Å². The Bertz CT molecular complexity index is 779. The summed E-state index contributed by atoms with van der Waals surface area (Å²) in [6, 6.07) is 10.8. The van der Waals surface area contributed by atoms with Crippen molar-refractivity contribution in [3.63, 3.8) is 0 Å². The van der Waals surface area contributed by atoms with Crippen LogP contribution in [0.15, 0.2) is 48.8 Å². The Morgan fingerprint density at radius 1 is 1.26 bits per heavy atom. The van der Waals surface area contributed by atoms with E-state index in [9.17, 15) is 4.79 Å². The van der Waals surface area contributed by atoms with Crippen LogP contribution < -0.4 is 5.73 Å². The van der Waals surface area contributed by atoms with E-state index in [0.29, 0.717) is 16.2 Å². The number of pyridine rings is 1. The number of fused-ring (bicyclic) bond motifs is 1. The van der Waals surface area contributed by atoms with E-state index in [1.54, 1.807) is 22.6 Å². The molecular formula is C14H10ClN3O. The molecule has 0 aliphatic heterocycles. The standard InChI is InChI=1S/C14H10ClN3O/c15-10-4-1-3-9(7-10)12-8-18-6-2-5-11(13(16)19)14(18)17-12/h1-8H,(H2,16,19). The summed E-state index contributed by atoms with van der Waals surface area (Å²) in [6.45, 7) is 0. The van der Waals surface area contributed by atoms with Gasteiger partial charge in [0.25, 0.3) is 5.91 Å². The van der Waals surface area contributed by atoms with Gasteiger partial charge in [0.1, 0.15) is 5.65 Å². The minimum atomic E-state index is -0.492. The summed E-state index contributed by atoms with van der Waals surface area (Å²) >= 11 is 5.97. The lowest BCUT2D eigenvalue weighted by molar-refractivity contribution is 0.100. The fourth-order valence-electron chi connectivity index (χ4n) is 1.99. The first-order chi connectivity index (χ1) is 9.15. The number of hydrogen-bond donors (Lipinski definition) is 1. The highest BCUT2D eigenvalue weighted by molar-refractivity contribution is 6.30. The van der Waals surface area contributed by atoms with Crippen molar-refractivity contribution in [1.82, 2.24) is 9.38 Å². The van der Waals surface area contributed by atoms with Crippen LogP contribution in [0.5, 0.6) is 0 Å². The number of benzene rings is 1. The number of primary amides is 1. The molecule has 0 fully saturated rings. The van der Waals surface area contributed by atoms with Crippen molar-refractivity contribution >= 4 is 23.2 Å². The van der Waals surface area contributed by atoms with Crippen LogP contribution in [0.1, 0.15) is 10.4 Å². The van der Waals surface area contributed by atoms with Gasteiger partial charge in [-0.25, -0.2) is 4.98 Å². The molecule has 0 spiro atoms. The number of rotatable bonds is 2. The molecule has 0 aliphatic rings. The normalized spacial score (nSPS) is 10.8. The SMILES string of the molecule is NC(=O)c1cccn2cc(-c3cccc(Cl)c3)nc12. The van der Waals surface area contributed by atoms with Crippen LogP contribution in [0.3, 0.4) is 0 Å². The van der Waals surface area contributed by atoms with Crippen LogP contribution in [0.4, 0.5) is 0 Å². The molecule has 1 amide bonds. The quantitative estimate of drug-likeness (QED) is 0.779. The van der Waals surface area contributed by atoms with Gasteiger partial charge >= 0.3 is 0 Å². The van der Waals surface area contributed by atoms with Gasteiger partial charge in [-0.15, -0.1) is 0 Å². The van der Waals surface area contributed by atoms with Gasteiger partial charge in [0.2, 0.25) is 0 Å². The Morgan fingerprint density at radius 3 is 2.84 bits per heavy atom. The molecule has 2 N–H and O–H groups in total. The summed E-state index contributed by atoms with van der Waals surface area (Å²) in [5.74, 6) is -0.492. The first kappa shape index (κ1) is 11.7. The molecule has 3 aromatic rings. The van der Waals surface area contributed by atoms with Crippen molar-refractivity contribution in [2.45, 2.75) is 0 Å². The van der Waals surface area contributed by atoms with Gasteiger partial charge in [0.05, 0.1) is 11.3 Å². The van der Waals surface area contributed by atoms with E-state index in [2.05, 4.69) is 4.98 Å². The number of carbonyl (C=O) groups excluding carboxylic acids is 1. The molecular weight excluding hydrogens is 262 g/mol. The predicted octanol–water partition coefficient (Wildman–Crippen LogP) is 2.75. The topological polar surface area (TPSA) is 60.4 Å². The lowest BCUT2D eigenvalue weighted by Gasteiger charge is -1.97. The highest BCUT2D eigenvalue weighted by atomic mass is 35.5. The molecule has 0 atom stereocenters. The molecule has 1 aromatic carbocycles. The smallest absolute Gasteiger partial charge is 0.252 e. The summed E-state index contributed by atoms with van der Waals surface area (Å²) < 4.78 is 1.77. The average molecular weight is 272 g/mol. The van der Waals surface area contributed by atoms with E-state index in [1.165, 1.54) is 0 Å². The molecule has 2 aromatic heterocycles. The molecule has 0 unspecified atom stereocenters. The van der Waals surface area contributed by atoms with Crippen LogP contribution in [0, 0.1) is 0 Å². The lowest BCUT2D eigenvalue weighted by atomic mass is 10.2. The third kappa shape index (κ3) is 2.06. The molecule has 0 bridgehead atoms. The Labute approximate surface area is 114 Å². The molecule has 2 heterocycles. The second-order valence-corrected chi connectivity index (χ2v) is 4.59. The van der Waals surface area contributed by atoms with E-state index >= 15 is 0 Å². The number of halogens is 1. The molecule has 0 aliphatic carbocycles. The largest absolute Gasteiger partial charge is 0.365 e. The Kier molecular flexibility index (Phi) is 2.72. The number of aromatic nitrogens is 2. The minimum Gasteiger partial charge on any atom is -0.365 e. The number of nitrogens with two attached hydrogens (primary N) is 1. The zero-order valence-corrected chi connectivity index (χ0v) is 10.6. The van der Waals surface area contributed by atoms with E-state index in [1.807, 2.05) is 30.6 Å². The van der Waals surface area contributed by atoms with Crippen molar-refractivity contribution in [2.75, 3.05) is 0 Å². The van der Waals surface area contributed by atoms with Crippen LogP contribution in [-0.4, -0.2) is 15.3 Å². The predicted molar refractivity (Wildman–Crippen MR) is 74.2 cm³/mol. The van der Waals surface area contributed by atoms with Gasteiger partial charge in [-0.1, -0.05) is 23.7 Å². The lowest BCUT2D eigenvalue weighted by Crippen LogP contribution is -2.12. The zero-order valence-electron chi connectivity index (χ0n) is 9.88. The maximum absolute atomic E-state index is 11.4. The summed E-state index contributed by atoms with van der Waals surface area (Å²) in [6.07, 6.45) is 3.66. The Balaban J connectivity index is 2.22. The van der Waals surface area contributed by atoms with E-state index in [4.69, 9.17) is 17.3 Å². The van der Waals surface area contributed by atoms with Gasteiger partial charge in [-0.2, -0.15) is 0 Å². The van der Waals surface area contributed by atoms with E-state index in [0.717, 1.165) is 11.3 Å². The monoisotopic (exact) mass is 271 g/mol. The van der Waals surface area contributed by atoms with Crippen LogP contribution >= 0.6 is 11.6 Å². The summed E-state index contributed by atoms with van der Waals surface area (Å²) in [7, 11) is 0. The minimum absolute atomic E-state index is 0.399. The van der Waals surface area contributed by atoms with E-state index in [-0.39, 0.29) is 0 Å². The summed E-state index contributed by atoms with van der Waals surface area (Å²) in [5, 5.41) is 0.643. The first-order valence-electron chi connectivity index (χ1n) is 5.68. The van der Waals surface area contributed by atoms with Crippen molar-refractivity contribution < 1.29 is 4.79 Å². The van der Waals surface area contributed by atoms with Crippen LogP contribution in [0.25, 0.3) is 16.9 Å². The Hall–Kier alpha value is -2.33. The van der Waals surface area contributed by atoms with E-state index < -0.39 is 5.91 Å². The Morgan fingerprint density at radius 2 is 2.11 bits per heavy atom.